The average molecular weight is 764 g/mol. The first kappa shape index (κ1) is 33.1. The van der Waals surface area contributed by atoms with Crippen LogP contribution in [0.25, 0.3) is 89.2 Å². The van der Waals surface area contributed by atoms with Crippen molar-refractivity contribution >= 4 is 10.8 Å². The van der Waals surface area contributed by atoms with E-state index in [2.05, 4.69) is 200 Å². The van der Waals surface area contributed by atoms with Crippen LogP contribution in [0.5, 0.6) is 11.5 Å². The van der Waals surface area contributed by atoms with Crippen LogP contribution in [0.15, 0.2) is 200 Å². The van der Waals surface area contributed by atoms with Crippen LogP contribution in [0.4, 0.5) is 0 Å². The molecule has 0 amide bonds. The van der Waals surface area contributed by atoms with E-state index >= 15 is 0 Å². The molecule has 0 unspecified atom stereocenters. The molecule has 278 valence electrons. The lowest BCUT2D eigenvalue weighted by molar-refractivity contribution is 0.436. The van der Waals surface area contributed by atoms with E-state index in [4.69, 9.17) is 19.9 Å². The number of rotatable bonds is 4. The van der Waals surface area contributed by atoms with Crippen LogP contribution in [0.3, 0.4) is 0 Å². The number of hydrogen-bond acceptors (Lipinski definition) is 4. The second-order valence-electron chi connectivity index (χ2n) is 15.8. The first-order valence-electron chi connectivity index (χ1n) is 20.4. The van der Waals surface area contributed by atoms with Crippen LogP contribution in [-0.4, -0.2) is 15.2 Å². The van der Waals surface area contributed by atoms with E-state index in [-0.39, 0.29) is 0 Å². The zero-order valence-corrected chi connectivity index (χ0v) is 32.3. The average Bonchev–Trinajstić information content (AvgIpc) is 3.81. The molecule has 0 saturated carbocycles. The highest BCUT2D eigenvalue weighted by Crippen LogP contribution is 2.63. The van der Waals surface area contributed by atoms with E-state index in [9.17, 15) is 0 Å². The van der Waals surface area contributed by atoms with Crippen molar-refractivity contribution in [2.75, 3.05) is 0 Å². The Labute approximate surface area is 347 Å². The van der Waals surface area contributed by atoms with Gasteiger partial charge in [-0.25, -0.2) is 4.98 Å². The van der Waals surface area contributed by atoms with E-state index in [1.165, 1.54) is 44.3 Å². The minimum atomic E-state index is -0.598. The van der Waals surface area contributed by atoms with Crippen molar-refractivity contribution in [1.82, 2.24) is 15.2 Å². The molecule has 13 rings (SSSR count). The van der Waals surface area contributed by atoms with Gasteiger partial charge in [0.25, 0.3) is 0 Å². The van der Waals surface area contributed by atoms with Crippen LogP contribution in [-0.2, 0) is 5.41 Å². The van der Waals surface area contributed by atoms with E-state index in [1.807, 2.05) is 0 Å². The highest BCUT2D eigenvalue weighted by atomic mass is 16.5. The van der Waals surface area contributed by atoms with Crippen molar-refractivity contribution in [2.24, 2.45) is 0 Å². The fourth-order valence-electron chi connectivity index (χ4n) is 10.4. The van der Waals surface area contributed by atoms with Gasteiger partial charge >= 0.3 is 0 Å². The maximum Gasteiger partial charge on any atom is 0.183 e. The van der Waals surface area contributed by atoms with Crippen LogP contribution in [0.1, 0.15) is 22.3 Å². The summed E-state index contributed by atoms with van der Waals surface area (Å²) in [6.45, 7) is 0. The molecule has 3 aliphatic rings. The van der Waals surface area contributed by atoms with Gasteiger partial charge in [0, 0.05) is 27.8 Å². The van der Waals surface area contributed by atoms with Gasteiger partial charge in [-0.05, 0) is 78.5 Å². The predicted molar refractivity (Wildman–Crippen MR) is 241 cm³/mol. The molecule has 0 bridgehead atoms. The molecule has 0 saturated heterocycles. The highest BCUT2D eigenvalue weighted by molar-refractivity contribution is 6.19. The third kappa shape index (κ3) is 4.47. The Morgan fingerprint density at radius 3 is 1.62 bits per heavy atom. The van der Waals surface area contributed by atoms with Gasteiger partial charge in [0.05, 0.1) is 5.41 Å². The number of nitrogens with zero attached hydrogens (tertiary/aromatic N) is 3. The first-order chi connectivity index (χ1) is 29.8. The Bertz CT molecular complexity index is 3330. The fraction of sp³-hybridized carbons (Fsp3) is 0.0179. The molecule has 4 heteroatoms. The minimum absolute atomic E-state index is 0.580. The maximum absolute atomic E-state index is 6.60. The van der Waals surface area contributed by atoms with Gasteiger partial charge in [0.15, 0.2) is 5.82 Å². The molecule has 0 radical (unpaired) electrons. The van der Waals surface area contributed by atoms with E-state index in [1.54, 1.807) is 0 Å². The molecule has 9 aromatic carbocycles. The Morgan fingerprint density at radius 1 is 0.333 bits per heavy atom. The number of hydrogen-bond donors (Lipinski definition) is 0. The summed E-state index contributed by atoms with van der Waals surface area (Å²) >= 11 is 0. The zero-order chi connectivity index (χ0) is 39.4. The lowest BCUT2D eigenvalue weighted by Gasteiger charge is -2.39. The summed E-state index contributed by atoms with van der Waals surface area (Å²) in [5.74, 6) is 2.30. The molecule has 0 fully saturated rings. The van der Waals surface area contributed by atoms with Crippen LogP contribution < -0.4 is 4.74 Å². The van der Waals surface area contributed by atoms with Gasteiger partial charge in [-0.1, -0.05) is 188 Å². The third-order valence-electron chi connectivity index (χ3n) is 12.9. The Kier molecular flexibility index (Phi) is 6.90. The van der Waals surface area contributed by atoms with E-state index < -0.39 is 5.41 Å². The molecular weight excluding hydrogens is 731 g/mol. The second kappa shape index (κ2) is 12.5. The molecule has 2 heterocycles. The molecule has 1 spiro atoms. The van der Waals surface area contributed by atoms with E-state index in [0.29, 0.717) is 5.82 Å². The van der Waals surface area contributed by atoms with Gasteiger partial charge in [-0.15, -0.1) is 10.2 Å². The van der Waals surface area contributed by atoms with Crippen LogP contribution in [0, 0.1) is 0 Å². The standard InChI is InChI=1S/C56H33N3O/c1-2-14-34(15-3-1)35-28-30-36(31-29-35)53-54(42-33-32-41-38-17-5-4-16-37(38)39-19-12-20-40(42)51(39)41)58-59-55(57-53)44-21-13-25-48-52(44)43-18-6-7-22-45(43)56(48)46-23-8-10-26-49(46)60-50-27-11-9-24-47(50)56/h1-33H. The predicted octanol–water partition coefficient (Wildman–Crippen LogP) is 13.8. The Hall–Kier alpha value is -7.95. The summed E-state index contributed by atoms with van der Waals surface area (Å²) in [5, 5.41) is 12.6. The molecule has 0 N–H and O–H groups in total. The van der Waals surface area contributed by atoms with E-state index in [0.717, 1.165) is 72.8 Å². The number of aromatic nitrogens is 3. The maximum atomic E-state index is 6.60. The SMILES string of the molecule is c1ccc(-c2ccc(-c3nc(-c4cccc5c4-c4ccccc4C54c5ccccc5Oc5ccccc54)nnc3-c3ccc4c5c(cccc35)-c3ccccc3-4)cc2)cc1. The lowest BCUT2D eigenvalue weighted by Crippen LogP contribution is -2.32. The lowest BCUT2D eigenvalue weighted by atomic mass is 9.66. The van der Waals surface area contributed by atoms with Crippen LogP contribution >= 0.6 is 0 Å². The van der Waals surface area contributed by atoms with Crippen LogP contribution in [0.2, 0.25) is 0 Å². The molecular formula is C56H33N3O. The van der Waals surface area contributed by atoms with Crippen molar-refractivity contribution in [2.45, 2.75) is 5.41 Å². The van der Waals surface area contributed by atoms with Gasteiger partial charge in [-0.3, -0.25) is 0 Å². The zero-order valence-electron chi connectivity index (χ0n) is 32.3. The summed E-state index contributed by atoms with van der Waals surface area (Å²) in [6.07, 6.45) is 0. The first-order valence-corrected chi connectivity index (χ1v) is 20.4. The fourth-order valence-corrected chi connectivity index (χ4v) is 10.4. The summed E-state index contributed by atoms with van der Waals surface area (Å²) in [7, 11) is 0. The summed E-state index contributed by atoms with van der Waals surface area (Å²) < 4.78 is 6.60. The monoisotopic (exact) mass is 763 g/mol. The molecule has 1 aliphatic heterocycles. The van der Waals surface area contributed by atoms with Gasteiger partial charge < -0.3 is 4.74 Å². The largest absolute Gasteiger partial charge is 0.457 e. The van der Waals surface area contributed by atoms with Crippen molar-refractivity contribution in [3.05, 3.63) is 222 Å². The highest BCUT2D eigenvalue weighted by Gasteiger charge is 2.51. The number of ether oxygens (including phenoxy) is 1. The molecule has 1 aromatic heterocycles. The van der Waals surface area contributed by atoms with Crippen molar-refractivity contribution in [3.63, 3.8) is 0 Å². The van der Waals surface area contributed by atoms with Crippen molar-refractivity contribution in [1.29, 1.82) is 0 Å². The minimum Gasteiger partial charge on any atom is -0.457 e. The topological polar surface area (TPSA) is 47.9 Å². The van der Waals surface area contributed by atoms with Gasteiger partial charge in [0.2, 0.25) is 0 Å². The van der Waals surface area contributed by atoms with Crippen molar-refractivity contribution in [3.8, 4) is 89.9 Å². The quantitative estimate of drug-likeness (QED) is 0.179. The second-order valence-corrected chi connectivity index (χ2v) is 15.8. The smallest absolute Gasteiger partial charge is 0.183 e. The van der Waals surface area contributed by atoms with Gasteiger partial charge in [-0.2, -0.15) is 0 Å². The normalized spacial score (nSPS) is 13.3. The number of benzene rings is 9. The summed E-state index contributed by atoms with van der Waals surface area (Å²) in [5.41, 5.74) is 18.1. The molecule has 2 aliphatic carbocycles. The molecule has 4 nitrogen and oxygen atoms in total. The summed E-state index contributed by atoms with van der Waals surface area (Å²) in [6, 6.07) is 71.2. The van der Waals surface area contributed by atoms with Crippen molar-refractivity contribution < 1.29 is 4.74 Å². The number of para-hydroxylation sites is 2. The number of fused-ring (bicyclic) bond motifs is 12. The van der Waals surface area contributed by atoms with Gasteiger partial charge in [0.1, 0.15) is 22.9 Å². The Balaban J connectivity index is 1.06. The Morgan fingerprint density at radius 2 is 0.867 bits per heavy atom. The molecule has 0 atom stereocenters. The molecule has 60 heavy (non-hydrogen) atoms. The summed E-state index contributed by atoms with van der Waals surface area (Å²) in [4.78, 5) is 5.57. The third-order valence-corrected chi connectivity index (χ3v) is 12.9. The molecule has 10 aromatic rings.